The van der Waals surface area contributed by atoms with Gasteiger partial charge in [0, 0.05) is 30.4 Å². The molecule has 3 aromatic rings. The quantitative estimate of drug-likeness (QED) is 0.468. The number of hydrogen-bond acceptors (Lipinski definition) is 4. The Kier molecular flexibility index (Phi) is 7.78. The SMILES string of the molecule is NS(=O)(=O)c1ccccc1-c1ccc(CCC(=O)[C@@H]2CCCC2C(=O)NCc2ccccc2)cc1. The Balaban J connectivity index is 1.35. The number of aryl methyl sites for hydroxylation is 1. The van der Waals surface area contributed by atoms with Crippen LogP contribution < -0.4 is 10.5 Å². The van der Waals surface area contributed by atoms with Crippen molar-refractivity contribution in [1.29, 1.82) is 0 Å². The van der Waals surface area contributed by atoms with E-state index in [-0.39, 0.29) is 28.4 Å². The fourth-order valence-electron chi connectivity index (χ4n) is 4.83. The molecule has 1 unspecified atom stereocenters. The number of nitrogens with one attached hydrogen (secondary N) is 1. The van der Waals surface area contributed by atoms with E-state index in [4.69, 9.17) is 5.14 Å². The highest BCUT2D eigenvalue weighted by molar-refractivity contribution is 7.89. The average Bonchev–Trinajstić information content (AvgIpc) is 3.37. The van der Waals surface area contributed by atoms with E-state index in [2.05, 4.69) is 5.32 Å². The van der Waals surface area contributed by atoms with E-state index in [0.717, 1.165) is 36.0 Å². The molecule has 3 aromatic carbocycles. The number of ketones is 1. The number of sulfonamides is 1. The fraction of sp³-hybridized carbons (Fsp3) is 0.286. The lowest BCUT2D eigenvalue weighted by atomic mass is 9.88. The van der Waals surface area contributed by atoms with Gasteiger partial charge in [-0.1, -0.05) is 79.2 Å². The van der Waals surface area contributed by atoms with Crippen LogP contribution in [0, 0.1) is 11.8 Å². The summed E-state index contributed by atoms with van der Waals surface area (Å²) in [6.07, 6.45) is 3.34. The van der Waals surface area contributed by atoms with Crippen molar-refractivity contribution in [1.82, 2.24) is 5.32 Å². The van der Waals surface area contributed by atoms with Gasteiger partial charge in [0.05, 0.1) is 4.90 Å². The lowest BCUT2D eigenvalue weighted by molar-refractivity contribution is -0.132. The number of Topliss-reactive ketones (excluding diaryl/α,β-unsaturated/α-hetero) is 1. The number of amides is 1. The molecule has 0 radical (unpaired) electrons. The molecule has 1 aliphatic carbocycles. The minimum absolute atomic E-state index is 0.0393. The van der Waals surface area contributed by atoms with Crippen LogP contribution in [0.2, 0.25) is 0 Å². The highest BCUT2D eigenvalue weighted by atomic mass is 32.2. The van der Waals surface area contributed by atoms with Crippen LogP contribution in [0.1, 0.15) is 36.8 Å². The van der Waals surface area contributed by atoms with Crippen LogP contribution in [-0.4, -0.2) is 20.1 Å². The molecule has 0 spiro atoms. The fourth-order valence-corrected chi connectivity index (χ4v) is 5.59. The van der Waals surface area contributed by atoms with Gasteiger partial charge in [0.2, 0.25) is 15.9 Å². The summed E-state index contributed by atoms with van der Waals surface area (Å²) < 4.78 is 23.8. The maximum atomic E-state index is 13.0. The lowest BCUT2D eigenvalue weighted by Crippen LogP contribution is -2.35. The highest BCUT2D eigenvalue weighted by Gasteiger charge is 2.36. The van der Waals surface area contributed by atoms with Gasteiger partial charge in [-0.05, 0) is 42.0 Å². The highest BCUT2D eigenvalue weighted by Crippen LogP contribution is 2.34. The topological polar surface area (TPSA) is 106 Å². The molecule has 1 aliphatic rings. The van der Waals surface area contributed by atoms with Crippen molar-refractivity contribution in [2.75, 3.05) is 0 Å². The molecule has 0 aromatic heterocycles. The third-order valence-electron chi connectivity index (χ3n) is 6.69. The van der Waals surface area contributed by atoms with Crippen LogP contribution in [0.25, 0.3) is 11.1 Å². The first-order valence-electron chi connectivity index (χ1n) is 11.9. The van der Waals surface area contributed by atoms with Gasteiger partial charge >= 0.3 is 0 Å². The van der Waals surface area contributed by atoms with E-state index in [1.54, 1.807) is 18.2 Å². The molecular formula is C28H30N2O4S. The lowest BCUT2D eigenvalue weighted by Gasteiger charge is -2.18. The molecule has 4 rings (SSSR count). The Labute approximate surface area is 206 Å². The number of carbonyl (C=O) groups is 2. The standard InChI is InChI=1S/C28H30N2O4S/c29-35(33,34)27-12-5-4-9-23(27)22-16-13-20(14-17-22)15-18-26(31)24-10-6-11-25(24)28(32)30-19-21-7-2-1-3-8-21/h1-5,7-9,12-14,16-17,24-25H,6,10-11,15,18-19H2,(H,30,32)(H2,29,33,34)/t24-,25?/m1/s1. The normalized spacial score (nSPS) is 17.7. The Morgan fingerprint density at radius 2 is 1.49 bits per heavy atom. The molecule has 0 bridgehead atoms. The van der Waals surface area contributed by atoms with Gasteiger partial charge in [-0.2, -0.15) is 0 Å². The Morgan fingerprint density at radius 1 is 0.829 bits per heavy atom. The second-order valence-corrected chi connectivity index (χ2v) is 10.6. The predicted molar refractivity (Wildman–Crippen MR) is 136 cm³/mol. The second kappa shape index (κ2) is 11.0. The van der Waals surface area contributed by atoms with Crippen molar-refractivity contribution >= 4 is 21.7 Å². The van der Waals surface area contributed by atoms with Crippen LogP contribution in [0.15, 0.2) is 83.8 Å². The first-order valence-corrected chi connectivity index (χ1v) is 13.4. The summed E-state index contributed by atoms with van der Waals surface area (Å²) in [5, 5.41) is 8.35. The third-order valence-corrected chi connectivity index (χ3v) is 7.66. The van der Waals surface area contributed by atoms with E-state index in [1.165, 1.54) is 6.07 Å². The third kappa shape index (κ3) is 6.24. The molecule has 1 amide bonds. The van der Waals surface area contributed by atoms with Gasteiger partial charge in [-0.25, -0.2) is 13.6 Å². The molecule has 35 heavy (non-hydrogen) atoms. The van der Waals surface area contributed by atoms with Gasteiger partial charge in [0.25, 0.3) is 0 Å². The summed E-state index contributed by atoms with van der Waals surface area (Å²) in [7, 11) is -3.83. The Morgan fingerprint density at radius 3 is 2.20 bits per heavy atom. The molecule has 1 saturated carbocycles. The number of nitrogens with two attached hydrogens (primary N) is 1. The van der Waals surface area contributed by atoms with E-state index in [0.29, 0.717) is 24.9 Å². The molecule has 0 aliphatic heterocycles. The van der Waals surface area contributed by atoms with Gasteiger partial charge < -0.3 is 5.32 Å². The van der Waals surface area contributed by atoms with Crippen molar-refractivity contribution in [3.05, 3.63) is 90.0 Å². The van der Waals surface area contributed by atoms with Gasteiger partial charge in [-0.3, -0.25) is 9.59 Å². The molecule has 2 atom stereocenters. The van der Waals surface area contributed by atoms with E-state index >= 15 is 0 Å². The minimum atomic E-state index is -3.83. The first-order chi connectivity index (χ1) is 16.8. The molecule has 3 N–H and O–H groups in total. The zero-order valence-corrected chi connectivity index (χ0v) is 20.3. The summed E-state index contributed by atoms with van der Waals surface area (Å²) in [6.45, 7) is 0.470. The van der Waals surface area contributed by atoms with Gasteiger partial charge in [0.15, 0.2) is 0 Å². The van der Waals surface area contributed by atoms with Crippen molar-refractivity contribution in [3.63, 3.8) is 0 Å². The van der Waals surface area contributed by atoms with Gasteiger partial charge in [0.1, 0.15) is 5.78 Å². The summed E-state index contributed by atoms with van der Waals surface area (Å²) in [6, 6.07) is 23.9. The van der Waals surface area contributed by atoms with Crippen molar-refractivity contribution < 1.29 is 18.0 Å². The average molecular weight is 491 g/mol. The molecule has 182 valence electrons. The number of carbonyl (C=O) groups excluding carboxylic acids is 2. The van der Waals surface area contributed by atoms with Crippen LogP contribution in [0.5, 0.6) is 0 Å². The van der Waals surface area contributed by atoms with Crippen molar-refractivity contribution in [2.45, 2.75) is 43.5 Å². The number of benzene rings is 3. The molecule has 0 saturated heterocycles. The largest absolute Gasteiger partial charge is 0.352 e. The first kappa shape index (κ1) is 24.8. The van der Waals surface area contributed by atoms with E-state index in [1.807, 2.05) is 54.6 Å². The maximum absolute atomic E-state index is 13.0. The maximum Gasteiger partial charge on any atom is 0.238 e. The molecule has 7 heteroatoms. The van der Waals surface area contributed by atoms with E-state index in [9.17, 15) is 18.0 Å². The van der Waals surface area contributed by atoms with Crippen LogP contribution in [-0.2, 0) is 32.6 Å². The summed E-state index contributed by atoms with van der Waals surface area (Å²) in [5.41, 5.74) is 3.32. The molecular weight excluding hydrogens is 460 g/mol. The number of primary sulfonamides is 1. The smallest absolute Gasteiger partial charge is 0.238 e. The summed E-state index contributed by atoms with van der Waals surface area (Å²) in [4.78, 5) is 25.8. The molecule has 0 heterocycles. The molecule has 1 fully saturated rings. The van der Waals surface area contributed by atoms with Crippen LogP contribution >= 0.6 is 0 Å². The predicted octanol–water partition coefficient (Wildman–Crippen LogP) is 4.24. The van der Waals surface area contributed by atoms with Gasteiger partial charge in [-0.15, -0.1) is 0 Å². The van der Waals surface area contributed by atoms with Crippen LogP contribution in [0.4, 0.5) is 0 Å². The van der Waals surface area contributed by atoms with E-state index < -0.39 is 10.0 Å². The molecule has 6 nitrogen and oxygen atoms in total. The summed E-state index contributed by atoms with van der Waals surface area (Å²) in [5.74, 6) is -0.399. The van der Waals surface area contributed by atoms with Crippen molar-refractivity contribution in [2.24, 2.45) is 17.0 Å². The second-order valence-electron chi connectivity index (χ2n) is 9.05. The minimum Gasteiger partial charge on any atom is -0.352 e. The Bertz CT molecular complexity index is 1290. The number of rotatable bonds is 9. The Hall–Kier alpha value is -3.29. The van der Waals surface area contributed by atoms with Crippen molar-refractivity contribution in [3.8, 4) is 11.1 Å². The zero-order chi connectivity index (χ0) is 24.8. The summed E-state index contributed by atoms with van der Waals surface area (Å²) >= 11 is 0. The van der Waals surface area contributed by atoms with Crippen LogP contribution in [0.3, 0.4) is 0 Å². The zero-order valence-electron chi connectivity index (χ0n) is 19.5. The monoisotopic (exact) mass is 490 g/mol. The number of hydrogen-bond donors (Lipinski definition) is 2.